The minimum atomic E-state index is -5.11. The molecule has 1 heterocycles. The summed E-state index contributed by atoms with van der Waals surface area (Å²) in [5.41, 5.74) is -0.881. The number of hydrogen-bond acceptors (Lipinski definition) is 2. The molecule has 0 amide bonds. The van der Waals surface area contributed by atoms with Crippen molar-refractivity contribution in [2.45, 2.75) is 0 Å². The van der Waals surface area contributed by atoms with Crippen molar-refractivity contribution in [1.29, 1.82) is 0 Å². The molecule has 8 heteroatoms. The molecule has 0 aliphatic carbocycles. The van der Waals surface area contributed by atoms with E-state index in [0.717, 1.165) is 12.3 Å². The van der Waals surface area contributed by atoms with Crippen molar-refractivity contribution in [3.05, 3.63) is 17.3 Å². The molecule has 0 aromatic carbocycles. The Balaban J connectivity index is 0.00000169. The third kappa shape index (κ3) is 3.39. The van der Waals surface area contributed by atoms with Gasteiger partial charge in [-0.1, -0.05) is 23.1 Å². The number of rotatable bonds is 2. The van der Waals surface area contributed by atoms with Gasteiger partial charge in [0.1, 0.15) is 0 Å². The van der Waals surface area contributed by atoms with Crippen LogP contribution in [0.15, 0.2) is 12.3 Å². The van der Waals surface area contributed by atoms with E-state index in [4.69, 9.17) is 11.6 Å². The number of ether oxygens (including phenoxy) is 1. The molecular weight excluding hydrogens is 244 g/mol. The van der Waals surface area contributed by atoms with E-state index >= 15 is 0 Å². The van der Waals surface area contributed by atoms with Gasteiger partial charge >= 0.3 is 58.4 Å². The molecule has 0 radical (unpaired) electrons. The van der Waals surface area contributed by atoms with E-state index in [1.54, 1.807) is 0 Å². The predicted octanol–water partition coefficient (Wildman–Crippen LogP) is -1.20. The molecule has 0 bridgehead atoms. The molecule has 0 spiro atoms. The molecule has 0 unspecified atom stereocenters. The van der Waals surface area contributed by atoms with E-state index < -0.39 is 17.5 Å². The molecule has 2 nitrogen and oxygen atoms in total. The summed E-state index contributed by atoms with van der Waals surface area (Å²) in [6.07, 6.45) is 1.01. The molecule has 0 aliphatic rings. The topological polar surface area (TPSA) is 22.1 Å². The van der Waals surface area contributed by atoms with Crippen LogP contribution in [0.25, 0.3) is 0 Å². The van der Waals surface area contributed by atoms with Crippen molar-refractivity contribution in [1.82, 2.24) is 4.98 Å². The van der Waals surface area contributed by atoms with Gasteiger partial charge in [0.25, 0.3) is 0 Å². The van der Waals surface area contributed by atoms with Crippen LogP contribution in [-0.4, -0.2) is 19.1 Å². The second kappa shape index (κ2) is 5.72. The summed E-state index contributed by atoms with van der Waals surface area (Å²) in [6, 6.07) is 0.824. The Hall–Kier alpha value is 0.731. The Morgan fingerprint density at radius 1 is 1.43 bits per heavy atom. The third-order valence-corrected chi connectivity index (χ3v) is 1.81. The number of nitrogens with zero attached hydrogens (tertiary/aromatic N) is 1. The first-order valence-electron chi connectivity index (χ1n) is 3.35. The molecule has 0 N–H and O–H groups in total. The summed E-state index contributed by atoms with van der Waals surface area (Å²) < 4.78 is 41.3. The van der Waals surface area contributed by atoms with E-state index in [9.17, 15) is 12.9 Å². The summed E-state index contributed by atoms with van der Waals surface area (Å²) >= 11 is 5.40. The molecule has 0 atom stereocenters. The standard InChI is InChI=1S/C6H5BClF3NO.K/c1-13-6-5(8)4(2-3-12-6)7(9,10)11;/h2-3H,1H3;/q-1;+1. The van der Waals surface area contributed by atoms with Crippen LogP contribution >= 0.6 is 11.6 Å². The zero-order valence-corrected chi connectivity index (χ0v) is 11.5. The van der Waals surface area contributed by atoms with Crippen molar-refractivity contribution in [2.24, 2.45) is 0 Å². The fourth-order valence-corrected chi connectivity index (χ4v) is 1.15. The van der Waals surface area contributed by atoms with Crippen LogP contribution in [0.5, 0.6) is 5.88 Å². The smallest absolute Gasteiger partial charge is 0.480 e. The zero-order valence-electron chi connectivity index (χ0n) is 7.60. The number of pyridine rings is 1. The Labute approximate surface area is 127 Å². The monoisotopic (exact) mass is 249 g/mol. The normalized spacial score (nSPS) is 10.6. The molecule has 14 heavy (non-hydrogen) atoms. The van der Waals surface area contributed by atoms with Gasteiger partial charge in [0.05, 0.1) is 12.1 Å². The maximum Gasteiger partial charge on any atom is 1.00 e. The molecule has 0 saturated heterocycles. The first kappa shape index (κ1) is 14.7. The zero-order chi connectivity index (χ0) is 10.1. The van der Waals surface area contributed by atoms with Crippen molar-refractivity contribution in [2.75, 3.05) is 7.11 Å². The summed E-state index contributed by atoms with van der Waals surface area (Å²) in [5, 5.41) is -0.488. The maximum atomic E-state index is 12.3. The second-order valence-corrected chi connectivity index (χ2v) is 2.68. The van der Waals surface area contributed by atoms with Gasteiger partial charge in [0, 0.05) is 6.20 Å². The summed E-state index contributed by atoms with van der Waals surface area (Å²) in [5.74, 6) is -0.210. The summed E-state index contributed by atoms with van der Waals surface area (Å²) in [6.45, 7) is -5.11. The van der Waals surface area contributed by atoms with Crippen LogP contribution in [0.2, 0.25) is 5.02 Å². The first-order chi connectivity index (χ1) is 5.96. The molecule has 0 fully saturated rings. The number of hydrogen-bond donors (Lipinski definition) is 0. The predicted molar refractivity (Wildman–Crippen MR) is 44.5 cm³/mol. The largest absolute Gasteiger partial charge is 1.00 e. The Bertz CT molecular complexity index is 322. The minimum absolute atomic E-state index is 0. The molecule has 72 valence electrons. The van der Waals surface area contributed by atoms with E-state index in [1.807, 2.05) is 0 Å². The number of halogens is 4. The van der Waals surface area contributed by atoms with Crippen molar-refractivity contribution < 1.29 is 69.1 Å². The molecule has 1 rings (SSSR count). The Morgan fingerprint density at radius 3 is 2.43 bits per heavy atom. The van der Waals surface area contributed by atoms with Gasteiger partial charge in [0.15, 0.2) is 0 Å². The van der Waals surface area contributed by atoms with E-state index in [0.29, 0.717) is 0 Å². The molecule has 0 saturated carbocycles. The first-order valence-corrected chi connectivity index (χ1v) is 3.73. The maximum absolute atomic E-state index is 12.3. The molecule has 1 aromatic rings. The molecule has 0 aliphatic heterocycles. The Morgan fingerprint density at radius 2 is 2.00 bits per heavy atom. The van der Waals surface area contributed by atoms with Crippen LogP contribution in [-0.2, 0) is 0 Å². The van der Waals surface area contributed by atoms with Gasteiger partial charge in [-0.3, -0.25) is 0 Å². The van der Waals surface area contributed by atoms with Gasteiger partial charge in [-0.2, -0.15) is 0 Å². The summed E-state index contributed by atoms with van der Waals surface area (Å²) in [7, 11) is 1.21. The quantitative estimate of drug-likeness (QED) is 0.615. The number of aromatic nitrogens is 1. The molecular formula is C6H5BClF3KNO. The van der Waals surface area contributed by atoms with Gasteiger partial charge in [-0.25, -0.2) is 4.98 Å². The van der Waals surface area contributed by atoms with Gasteiger partial charge in [0.2, 0.25) is 5.88 Å². The third-order valence-electron chi connectivity index (χ3n) is 1.43. The Kier molecular flexibility index (Phi) is 6.02. The second-order valence-electron chi connectivity index (χ2n) is 2.30. The fraction of sp³-hybridized carbons (Fsp3) is 0.167. The van der Waals surface area contributed by atoms with E-state index in [1.165, 1.54) is 7.11 Å². The van der Waals surface area contributed by atoms with Crippen molar-refractivity contribution in [3.8, 4) is 5.88 Å². The van der Waals surface area contributed by atoms with Gasteiger partial charge < -0.3 is 17.7 Å². The van der Waals surface area contributed by atoms with Crippen molar-refractivity contribution in [3.63, 3.8) is 0 Å². The van der Waals surface area contributed by atoms with E-state index in [2.05, 4.69) is 9.72 Å². The van der Waals surface area contributed by atoms with Crippen LogP contribution in [0, 0.1) is 0 Å². The minimum Gasteiger partial charge on any atom is -0.480 e. The van der Waals surface area contributed by atoms with Gasteiger partial charge in [-0.15, -0.1) is 0 Å². The van der Waals surface area contributed by atoms with Crippen LogP contribution < -0.4 is 61.6 Å². The SMILES string of the molecule is COc1nccc([B-](F)(F)F)c1Cl.[K+]. The van der Waals surface area contributed by atoms with Crippen LogP contribution in [0.3, 0.4) is 0 Å². The average molecular weight is 249 g/mol. The van der Waals surface area contributed by atoms with Crippen molar-refractivity contribution >= 4 is 24.0 Å². The van der Waals surface area contributed by atoms with Crippen LogP contribution in [0.4, 0.5) is 12.9 Å². The van der Waals surface area contributed by atoms with Gasteiger partial charge in [-0.05, 0) is 0 Å². The molecule has 1 aromatic heterocycles. The summed E-state index contributed by atoms with van der Waals surface area (Å²) in [4.78, 5) is 3.53. The van der Waals surface area contributed by atoms with E-state index in [-0.39, 0.29) is 57.3 Å². The number of methoxy groups -OCH3 is 1. The fourth-order valence-electron chi connectivity index (χ4n) is 0.834. The van der Waals surface area contributed by atoms with Crippen LogP contribution in [0.1, 0.15) is 0 Å². The average Bonchev–Trinajstić information content (AvgIpc) is 2.02.